The van der Waals surface area contributed by atoms with Crippen LogP contribution in [0.15, 0.2) is 29.3 Å². The van der Waals surface area contributed by atoms with E-state index < -0.39 is 28.0 Å². The number of amides is 2. The lowest BCUT2D eigenvalue weighted by Crippen LogP contribution is -2.63. The molecule has 1 aromatic carbocycles. The molecule has 0 bridgehead atoms. The number of hydrogen-bond donors (Lipinski definition) is 3. The number of sulfonamides is 1. The standard InChI is InChI=1S/C30H44FN7O5S/c1-3-43-25-8-7-23(18-24(25)30(40)34-27-22(17-21-5-6-21)20-35(2)28(27)29(32)39)44(41,42)38-12-10-33-19-26(38)37-15-13-36(14-16-37)11-4-9-31/h7-8,18,20-21,26,33H,3-6,9-17,19H2,1-2H3,(H2,32,39)(H,34,40). The Hall–Kier alpha value is -3.04. The summed E-state index contributed by atoms with van der Waals surface area (Å²) >= 11 is 0. The minimum atomic E-state index is -4.01. The molecule has 12 nitrogen and oxygen atoms in total. The van der Waals surface area contributed by atoms with Gasteiger partial charge in [0.05, 0.1) is 35.6 Å². The minimum absolute atomic E-state index is 0.0130. The number of hydrogen-bond acceptors (Lipinski definition) is 8. The van der Waals surface area contributed by atoms with Gasteiger partial charge in [0.25, 0.3) is 11.8 Å². The average Bonchev–Trinajstić information content (AvgIpc) is 3.78. The average molecular weight is 634 g/mol. The lowest BCUT2D eigenvalue weighted by molar-refractivity contribution is 0.0337. The van der Waals surface area contributed by atoms with Crippen LogP contribution in [-0.4, -0.2) is 111 Å². The summed E-state index contributed by atoms with van der Waals surface area (Å²) in [5.41, 5.74) is 7.08. The molecule has 3 heterocycles. The molecule has 2 aromatic rings. The number of rotatable bonds is 13. The number of nitrogens with zero attached hydrogens (tertiary/aromatic N) is 4. The predicted molar refractivity (Wildman–Crippen MR) is 165 cm³/mol. The van der Waals surface area contributed by atoms with Gasteiger partial charge in [-0.05, 0) is 62.3 Å². The van der Waals surface area contributed by atoms with E-state index in [0.29, 0.717) is 57.2 Å². The monoisotopic (exact) mass is 633 g/mol. The Kier molecular flexibility index (Phi) is 10.3. The number of nitrogens with two attached hydrogens (primary N) is 1. The van der Waals surface area contributed by atoms with Crippen LogP contribution in [0.5, 0.6) is 5.75 Å². The van der Waals surface area contributed by atoms with E-state index >= 15 is 0 Å². The maximum absolute atomic E-state index is 14.2. The molecule has 2 aliphatic heterocycles. The third kappa shape index (κ3) is 7.09. The summed E-state index contributed by atoms with van der Waals surface area (Å²) in [7, 11) is -2.30. The Labute approximate surface area is 258 Å². The number of aryl methyl sites for hydroxylation is 1. The highest BCUT2D eigenvalue weighted by Gasteiger charge is 2.38. The van der Waals surface area contributed by atoms with Crippen molar-refractivity contribution in [2.24, 2.45) is 18.7 Å². The number of piperazine rings is 2. The summed E-state index contributed by atoms with van der Waals surface area (Å²) in [6, 6.07) is 4.34. The molecule has 242 valence electrons. The first-order valence-corrected chi connectivity index (χ1v) is 16.9. The van der Waals surface area contributed by atoms with Gasteiger partial charge >= 0.3 is 0 Å². The zero-order valence-corrected chi connectivity index (χ0v) is 26.4. The number of benzene rings is 1. The normalized spacial score (nSPS) is 20.5. The molecular weight excluding hydrogens is 589 g/mol. The molecule has 0 spiro atoms. The molecule has 4 N–H and O–H groups in total. The van der Waals surface area contributed by atoms with Crippen molar-refractivity contribution in [2.75, 3.05) is 71.0 Å². The lowest BCUT2D eigenvalue weighted by atomic mass is 10.1. The van der Waals surface area contributed by atoms with E-state index in [1.807, 2.05) is 6.20 Å². The topological polar surface area (TPSA) is 142 Å². The highest BCUT2D eigenvalue weighted by atomic mass is 32.2. The molecule has 1 aliphatic carbocycles. The van der Waals surface area contributed by atoms with Crippen molar-refractivity contribution >= 4 is 27.5 Å². The fraction of sp³-hybridized carbons (Fsp3) is 0.600. The molecule has 3 aliphatic rings. The largest absolute Gasteiger partial charge is 0.493 e. The summed E-state index contributed by atoms with van der Waals surface area (Å²) in [4.78, 5) is 30.5. The van der Waals surface area contributed by atoms with Crippen molar-refractivity contribution in [3.63, 3.8) is 0 Å². The Morgan fingerprint density at radius 2 is 1.91 bits per heavy atom. The second kappa shape index (κ2) is 13.9. The summed E-state index contributed by atoms with van der Waals surface area (Å²) < 4.78 is 49.8. The Balaban J connectivity index is 1.41. The number of carbonyl (C=O) groups is 2. The van der Waals surface area contributed by atoms with Gasteiger partial charge in [-0.15, -0.1) is 0 Å². The molecule has 2 saturated heterocycles. The predicted octanol–water partition coefficient (Wildman–Crippen LogP) is 1.62. The van der Waals surface area contributed by atoms with Crippen LogP contribution >= 0.6 is 0 Å². The zero-order chi connectivity index (χ0) is 31.4. The highest BCUT2D eigenvalue weighted by Crippen LogP contribution is 2.37. The fourth-order valence-electron chi connectivity index (χ4n) is 6.19. The van der Waals surface area contributed by atoms with Crippen LogP contribution in [0.4, 0.5) is 10.1 Å². The summed E-state index contributed by atoms with van der Waals surface area (Å²) in [5.74, 6) is -0.520. The molecule has 2 amide bonds. The van der Waals surface area contributed by atoms with Crippen molar-refractivity contribution in [2.45, 2.75) is 43.7 Å². The Morgan fingerprint density at radius 3 is 2.57 bits per heavy atom. The summed E-state index contributed by atoms with van der Waals surface area (Å²) in [6.45, 7) is 6.49. The number of nitrogens with one attached hydrogen (secondary N) is 2. The van der Waals surface area contributed by atoms with E-state index in [9.17, 15) is 22.4 Å². The molecule has 1 saturated carbocycles. The van der Waals surface area contributed by atoms with Crippen LogP contribution in [0.1, 0.15) is 52.6 Å². The van der Waals surface area contributed by atoms with E-state index in [4.69, 9.17) is 10.5 Å². The van der Waals surface area contributed by atoms with Crippen LogP contribution in [0.25, 0.3) is 0 Å². The van der Waals surface area contributed by atoms with Gasteiger partial charge < -0.3 is 30.6 Å². The third-order valence-corrected chi connectivity index (χ3v) is 10.5. The number of carbonyl (C=O) groups excluding carboxylic acids is 2. The van der Waals surface area contributed by atoms with Gasteiger partial charge in [0.2, 0.25) is 10.0 Å². The molecular formula is C30H44FN7O5S. The van der Waals surface area contributed by atoms with Gasteiger partial charge in [0.1, 0.15) is 11.4 Å². The molecule has 1 unspecified atom stereocenters. The summed E-state index contributed by atoms with van der Waals surface area (Å²) in [5, 5.41) is 6.19. The van der Waals surface area contributed by atoms with Crippen molar-refractivity contribution in [3.8, 4) is 5.75 Å². The fourth-order valence-corrected chi connectivity index (χ4v) is 7.83. The number of ether oxygens (including phenoxy) is 1. The van der Waals surface area contributed by atoms with Gasteiger partial charge in [0, 0.05) is 65.6 Å². The van der Waals surface area contributed by atoms with Crippen LogP contribution in [0.3, 0.4) is 0 Å². The minimum Gasteiger partial charge on any atom is -0.493 e. The molecule has 0 radical (unpaired) electrons. The van der Waals surface area contributed by atoms with Gasteiger partial charge in [-0.1, -0.05) is 0 Å². The third-order valence-electron chi connectivity index (χ3n) is 8.64. The van der Waals surface area contributed by atoms with E-state index in [0.717, 1.165) is 31.5 Å². The lowest BCUT2D eigenvalue weighted by Gasteiger charge is -2.45. The first-order valence-electron chi connectivity index (χ1n) is 15.4. The molecule has 44 heavy (non-hydrogen) atoms. The number of primary amides is 1. The van der Waals surface area contributed by atoms with Gasteiger partial charge in [-0.2, -0.15) is 4.31 Å². The SMILES string of the molecule is CCOc1ccc(S(=O)(=O)N2CCNCC2N2CCN(CCCF)CC2)cc1C(=O)Nc1c(CC2CC2)cn(C)c1C(N)=O. The van der Waals surface area contributed by atoms with Crippen LogP contribution in [0, 0.1) is 5.92 Å². The first-order chi connectivity index (χ1) is 21.1. The van der Waals surface area contributed by atoms with E-state index in [-0.39, 0.29) is 41.7 Å². The molecule has 5 rings (SSSR count). The maximum atomic E-state index is 14.2. The van der Waals surface area contributed by atoms with Gasteiger partial charge in [0.15, 0.2) is 0 Å². The van der Waals surface area contributed by atoms with Crippen molar-refractivity contribution < 1.29 is 27.1 Å². The Morgan fingerprint density at radius 1 is 1.16 bits per heavy atom. The molecule has 14 heteroatoms. The quantitative estimate of drug-likeness (QED) is 0.302. The van der Waals surface area contributed by atoms with Crippen molar-refractivity contribution in [1.29, 1.82) is 0 Å². The molecule has 1 atom stereocenters. The van der Waals surface area contributed by atoms with Gasteiger partial charge in [-0.3, -0.25) is 18.9 Å². The maximum Gasteiger partial charge on any atom is 0.267 e. The second-order valence-electron chi connectivity index (χ2n) is 11.8. The van der Waals surface area contributed by atoms with Crippen molar-refractivity contribution in [3.05, 3.63) is 41.2 Å². The van der Waals surface area contributed by atoms with Crippen molar-refractivity contribution in [1.82, 2.24) is 24.0 Å². The smallest absolute Gasteiger partial charge is 0.267 e. The first kappa shape index (κ1) is 32.4. The number of alkyl halides is 1. The number of aromatic nitrogens is 1. The van der Waals surface area contributed by atoms with Crippen LogP contribution < -0.4 is 21.1 Å². The molecule has 3 fully saturated rings. The summed E-state index contributed by atoms with van der Waals surface area (Å²) in [6.07, 6.45) is 4.79. The van der Waals surface area contributed by atoms with E-state index in [1.54, 1.807) is 18.5 Å². The number of halogens is 1. The molecule has 1 aromatic heterocycles. The highest BCUT2D eigenvalue weighted by molar-refractivity contribution is 7.89. The van der Waals surface area contributed by atoms with E-state index in [2.05, 4.69) is 20.4 Å². The van der Waals surface area contributed by atoms with Crippen LogP contribution in [0.2, 0.25) is 0 Å². The van der Waals surface area contributed by atoms with Gasteiger partial charge in [-0.25, -0.2) is 8.42 Å². The number of anilines is 1. The van der Waals surface area contributed by atoms with Crippen LogP contribution in [-0.2, 0) is 23.5 Å². The van der Waals surface area contributed by atoms with E-state index in [1.165, 1.54) is 22.5 Å². The zero-order valence-electron chi connectivity index (χ0n) is 25.6. The second-order valence-corrected chi connectivity index (χ2v) is 13.7. The Bertz CT molecular complexity index is 1450.